The van der Waals surface area contributed by atoms with E-state index in [2.05, 4.69) is 6.58 Å². The number of ether oxygens (including phenoxy) is 1. The van der Waals surface area contributed by atoms with Crippen LogP contribution in [0.1, 0.15) is 37.0 Å². The summed E-state index contributed by atoms with van der Waals surface area (Å²) < 4.78 is 5.56. The van der Waals surface area contributed by atoms with Gasteiger partial charge in [-0.25, -0.2) is 4.79 Å². The summed E-state index contributed by atoms with van der Waals surface area (Å²) in [7, 11) is 0.0894. The van der Waals surface area contributed by atoms with Crippen LogP contribution in [0, 0.1) is 0 Å². The average Bonchev–Trinajstić information content (AvgIpc) is 2.50. The number of benzene rings is 1. The highest BCUT2D eigenvalue weighted by molar-refractivity contribution is 7.97. The van der Waals surface area contributed by atoms with Crippen LogP contribution in [0.3, 0.4) is 0 Å². The minimum Gasteiger partial charge on any atom is -1.00 e. The summed E-state index contributed by atoms with van der Waals surface area (Å²) in [4.78, 5) is 23.9. The SMILES string of the molecule is C=C(C)C(=O)OC1(C)CC[S+](CC(=O)c2ccccc2)CC1.[Br-]. The van der Waals surface area contributed by atoms with Crippen LogP contribution in [0.25, 0.3) is 0 Å². The van der Waals surface area contributed by atoms with Crippen LogP contribution >= 0.6 is 0 Å². The lowest BCUT2D eigenvalue weighted by atomic mass is 9.99. The van der Waals surface area contributed by atoms with Crippen molar-refractivity contribution >= 4 is 22.6 Å². The number of hydrogen-bond acceptors (Lipinski definition) is 3. The Hall–Kier alpha value is -1.07. The van der Waals surface area contributed by atoms with E-state index in [4.69, 9.17) is 4.74 Å². The van der Waals surface area contributed by atoms with Gasteiger partial charge in [0.1, 0.15) is 17.1 Å². The number of ketones is 1. The molecule has 0 unspecified atom stereocenters. The molecule has 5 heteroatoms. The summed E-state index contributed by atoms with van der Waals surface area (Å²) in [6.45, 7) is 7.27. The zero-order valence-corrected chi connectivity index (χ0v) is 16.0. The molecule has 1 aromatic carbocycles. The Labute approximate surface area is 151 Å². The van der Waals surface area contributed by atoms with Gasteiger partial charge in [-0.3, -0.25) is 4.79 Å². The lowest BCUT2D eigenvalue weighted by Gasteiger charge is -2.32. The first-order valence-corrected chi connectivity index (χ1v) is 9.24. The summed E-state index contributed by atoms with van der Waals surface area (Å²) in [5, 5.41) is 0. The van der Waals surface area contributed by atoms with Gasteiger partial charge >= 0.3 is 5.97 Å². The highest BCUT2D eigenvalue weighted by Gasteiger charge is 2.40. The quantitative estimate of drug-likeness (QED) is 0.307. The van der Waals surface area contributed by atoms with Gasteiger partial charge in [0.15, 0.2) is 5.75 Å². The van der Waals surface area contributed by atoms with Gasteiger partial charge in [0, 0.05) is 24.0 Å². The second-order valence-electron chi connectivity index (χ2n) is 6.07. The van der Waals surface area contributed by atoms with Gasteiger partial charge in [0.25, 0.3) is 0 Å². The summed E-state index contributed by atoms with van der Waals surface area (Å²) in [6, 6.07) is 9.44. The molecule has 0 radical (unpaired) electrons. The van der Waals surface area contributed by atoms with Gasteiger partial charge in [-0.2, -0.15) is 0 Å². The predicted octanol–water partition coefficient (Wildman–Crippen LogP) is 0.163. The fourth-order valence-electron chi connectivity index (χ4n) is 2.40. The number of carbonyl (C=O) groups excluding carboxylic acids is 2. The topological polar surface area (TPSA) is 43.4 Å². The molecular weight excluding hydrogens is 376 g/mol. The van der Waals surface area contributed by atoms with E-state index in [0.717, 1.165) is 29.9 Å². The van der Waals surface area contributed by atoms with E-state index >= 15 is 0 Å². The fraction of sp³-hybridized carbons (Fsp3) is 0.444. The van der Waals surface area contributed by atoms with Gasteiger partial charge in [-0.1, -0.05) is 36.9 Å². The van der Waals surface area contributed by atoms with Crippen LogP contribution in [0.4, 0.5) is 0 Å². The molecule has 0 saturated carbocycles. The molecule has 1 aliphatic rings. The lowest BCUT2D eigenvalue weighted by Crippen LogP contribution is -3.00. The summed E-state index contributed by atoms with van der Waals surface area (Å²) in [5.74, 6) is 2.39. The van der Waals surface area contributed by atoms with E-state index < -0.39 is 5.60 Å². The van der Waals surface area contributed by atoms with Crippen molar-refractivity contribution in [2.45, 2.75) is 32.3 Å². The first kappa shape index (κ1) is 20.0. The molecule has 0 N–H and O–H groups in total. The first-order chi connectivity index (χ1) is 10.4. The van der Waals surface area contributed by atoms with E-state index in [1.165, 1.54) is 0 Å². The Balaban J connectivity index is 0.00000264. The molecule has 1 heterocycles. The Morgan fingerprint density at radius 1 is 1.22 bits per heavy atom. The second kappa shape index (κ2) is 8.69. The van der Waals surface area contributed by atoms with Gasteiger partial charge in [0.2, 0.25) is 5.78 Å². The molecule has 1 fully saturated rings. The second-order valence-corrected chi connectivity index (χ2v) is 8.40. The maximum Gasteiger partial charge on any atom is 0.333 e. The lowest BCUT2D eigenvalue weighted by molar-refractivity contribution is -0.153. The predicted molar refractivity (Wildman–Crippen MR) is 91.3 cm³/mol. The van der Waals surface area contributed by atoms with Crippen LogP contribution in [0.15, 0.2) is 42.5 Å². The van der Waals surface area contributed by atoms with Crippen molar-refractivity contribution in [3.05, 3.63) is 48.0 Å². The minimum atomic E-state index is -0.407. The molecule has 0 aliphatic carbocycles. The molecule has 2 rings (SSSR count). The minimum absolute atomic E-state index is 0. The zero-order chi connectivity index (χ0) is 16.2. The Morgan fingerprint density at radius 3 is 2.30 bits per heavy atom. The molecule has 126 valence electrons. The number of carbonyl (C=O) groups is 2. The standard InChI is InChI=1S/C18H23O3S.BrH/c1-14(2)17(20)21-18(3)9-11-22(12-10-18)13-16(19)15-7-5-4-6-8-15;/h4-8H,1,9-13H2,2-3H3;1H/q+1;/p-1. The smallest absolute Gasteiger partial charge is 0.333 e. The fourth-order valence-corrected chi connectivity index (χ4v) is 4.87. The van der Waals surface area contributed by atoms with Crippen molar-refractivity contribution < 1.29 is 31.3 Å². The monoisotopic (exact) mass is 398 g/mol. The molecule has 23 heavy (non-hydrogen) atoms. The molecule has 0 bridgehead atoms. The van der Waals surface area contributed by atoms with E-state index in [1.54, 1.807) is 6.92 Å². The van der Waals surface area contributed by atoms with Crippen molar-refractivity contribution in [1.29, 1.82) is 0 Å². The van der Waals surface area contributed by atoms with E-state index in [1.807, 2.05) is 37.3 Å². The van der Waals surface area contributed by atoms with Gasteiger partial charge in [-0.05, 0) is 24.7 Å². The highest BCUT2D eigenvalue weighted by Crippen LogP contribution is 2.29. The largest absolute Gasteiger partial charge is 1.00 e. The summed E-state index contributed by atoms with van der Waals surface area (Å²) in [6.07, 6.45) is 1.63. The molecule has 0 amide bonds. The Bertz CT molecular complexity index is 563. The van der Waals surface area contributed by atoms with Crippen molar-refractivity contribution in [2.75, 3.05) is 17.3 Å². The molecule has 1 aliphatic heterocycles. The number of hydrogen-bond donors (Lipinski definition) is 0. The zero-order valence-electron chi connectivity index (χ0n) is 13.6. The molecular formula is C18H23BrO3S. The first-order valence-electron chi connectivity index (χ1n) is 7.51. The van der Waals surface area contributed by atoms with Crippen LogP contribution in [0.2, 0.25) is 0 Å². The van der Waals surface area contributed by atoms with Crippen molar-refractivity contribution in [2.24, 2.45) is 0 Å². The van der Waals surface area contributed by atoms with Crippen LogP contribution in [-0.2, 0) is 20.4 Å². The van der Waals surface area contributed by atoms with E-state index in [0.29, 0.717) is 11.3 Å². The van der Waals surface area contributed by atoms with Crippen molar-refractivity contribution in [3.63, 3.8) is 0 Å². The number of halogens is 1. The highest BCUT2D eigenvalue weighted by atomic mass is 79.9. The number of esters is 1. The summed E-state index contributed by atoms with van der Waals surface area (Å²) in [5.41, 5.74) is 0.817. The van der Waals surface area contributed by atoms with E-state index in [-0.39, 0.29) is 39.6 Å². The molecule has 0 atom stereocenters. The average molecular weight is 399 g/mol. The van der Waals surface area contributed by atoms with Gasteiger partial charge < -0.3 is 21.7 Å². The van der Waals surface area contributed by atoms with Gasteiger partial charge in [-0.15, -0.1) is 0 Å². The molecule has 1 saturated heterocycles. The Morgan fingerprint density at radius 2 is 1.78 bits per heavy atom. The maximum absolute atomic E-state index is 12.3. The normalized spacial score (nSPS) is 23.5. The third-order valence-electron chi connectivity index (χ3n) is 3.96. The number of Topliss-reactive ketones (excluding diaryl/α,β-unsaturated/α-hetero) is 1. The van der Waals surface area contributed by atoms with Crippen LogP contribution in [-0.4, -0.2) is 34.6 Å². The summed E-state index contributed by atoms with van der Waals surface area (Å²) >= 11 is 0. The molecule has 3 nitrogen and oxygen atoms in total. The van der Waals surface area contributed by atoms with Crippen LogP contribution < -0.4 is 17.0 Å². The third kappa shape index (κ3) is 5.81. The van der Waals surface area contributed by atoms with Crippen molar-refractivity contribution in [1.82, 2.24) is 0 Å². The number of rotatable bonds is 5. The third-order valence-corrected chi connectivity index (χ3v) is 6.19. The van der Waals surface area contributed by atoms with Crippen LogP contribution in [0.5, 0.6) is 0 Å². The van der Waals surface area contributed by atoms with E-state index in [9.17, 15) is 9.59 Å². The van der Waals surface area contributed by atoms with Crippen molar-refractivity contribution in [3.8, 4) is 0 Å². The maximum atomic E-state index is 12.3. The Kier molecular flexibility index (Phi) is 7.55. The molecule has 0 aromatic heterocycles. The molecule has 0 spiro atoms. The molecule has 1 aromatic rings. The van der Waals surface area contributed by atoms with Gasteiger partial charge in [0.05, 0.1) is 0 Å².